The van der Waals surface area contributed by atoms with Gasteiger partial charge in [-0.2, -0.15) is 5.10 Å². The van der Waals surface area contributed by atoms with Gasteiger partial charge < -0.3 is 10.0 Å². The molecule has 0 aromatic carbocycles. The van der Waals surface area contributed by atoms with Crippen molar-refractivity contribution < 1.29 is 9.90 Å². The van der Waals surface area contributed by atoms with Gasteiger partial charge in [-0.15, -0.1) is 0 Å². The molecule has 1 fully saturated rings. The summed E-state index contributed by atoms with van der Waals surface area (Å²) in [5, 5.41) is 13.4. The van der Waals surface area contributed by atoms with Crippen LogP contribution in [0.25, 0.3) is 0 Å². The summed E-state index contributed by atoms with van der Waals surface area (Å²) >= 11 is 0. The Labute approximate surface area is 101 Å². The van der Waals surface area contributed by atoms with Crippen molar-refractivity contribution in [2.75, 3.05) is 19.7 Å². The van der Waals surface area contributed by atoms with E-state index in [1.165, 1.54) is 0 Å². The van der Waals surface area contributed by atoms with Crippen LogP contribution in [0.1, 0.15) is 28.2 Å². The second kappa shape index (κ2) is 4.49. The maximum atomic E-state index is 12.4. The van der Waals surface area contributed by atoms with E-state index in [0.29, 0.717) is 12.1 Å². The molecule has 0 bridgehead atoms. The van der Waals surface area contributed by atoms with Crippen molar-refractivity contribution in [1.29, 1.82) is 0 Å². The number of likely N-dealkylation sites (tertiary alicyclic amines) is 1. The molecule has 2 rings (SSSR count). The van der Waals surface area contributed by atoms with Crippen LogP contribution in [0.2, 0.25) is 0 Å². The summed E-state index contributed by atoms with van der Waals surface area (Å²) < 4.78 is 1.74. The first-order chi connectivity index (χ1) is 8.04. The van der Waals surface area contributed by atoms with Gasteiger partial charge in [0.25, 0.3) is 5.91 Å². The van der Waals surface area contributed by atoms with E-state index in [2.05, 4.69) is 5.10 Å². The highest BCUT2D eigenvalue weighted by molar-refractivity contribution is 5.96. The van der Waals surface area contributed by atoms with E-state index in [1.807, 2.05) is 25.8 Å². The van der Waals surface area contributed by atoms with E-state index in [4.69, 9.17) is 5.11 Å². The molecule has 0 aliphatic carbocycles. The van der Waals surface area contributed by atoms with Gasteiger partial charge in [-0.3, -0.25) is 9.48 Å². The van der Waals surface area contributed by atoms with Crippen LogP contribution >= 0.6 is 0 Å². The number of aryl methyl sites for hydroxylation is 2. The summed E-state index contributed by atoms with van der Waals surface area (Å²) in [6, 6.07) is 0. The van der Waals surface area contributed by atoms with E-state index in [9.17, 15) is 4.79 Å². The Morgan fingerprint density at radius 2 is 2.24 bits per heavy atom. The molecular formula is C12H19N3O2. The molecule has 5 nitrogen and oxygen atoms in total. The van der Waals surface area contributed by atoms with Gasteiger partial charge in [0.1, 0.15) is 0 Å². The highest BCUT2D eigenvalue weighted by atomic mass is 16.3. The lowest BCUT2D eigenvalue weighted by atomic mass is 10.1. The summed E-state index contributed by atoms with van der Waals surface area (Å²) in [6.45, 7) is 5.32. The molecule has 17 heavy (non-hydrogen) atoms. The fourth-order valence-corrected chi connectivity index (χ4v) is 2.41. The van der Waals surface area contributed by atoms with Crippen LogP contribution in [0, 0.1) is 19.8 Å². The molecule has 1 N–H and O–H groups in total. The minimum absolute atomic E-state index is 0.0454. The van der Waals surface area contributed by atoms with E-state index < -0.39 is 0 Å². The largest absolute Gasteiger partial charge is 0.396 e. The van der Waals surface area contributed by atoms with Crippen LogP contribution < -0.4 is 0 Å². The Morgan fingerprint density at radius 1 is 1.53 bits per heavy atom. The van der Waals surface area contributed by atoms with Gasteiger partial charge in [0.2, 0.25) is 0 Å². The molecule has 0 spiro atoms. The number of aliphatic hydroxyl groups excluding tert-OH is 1. The minimum Gasteiger partial charge on any atom is -0.396 e. The first kappa shape index (κ1) is 12.1. The van der Waals surface area contributed by atoms with Gasteiger partial charge in [0.05, 0.1) is 11.3 Å². The predicted octanol–water partition coefficient (Wildman–Crippen LogP) is 0.491. The number of carbonyl (C=O) groups is 1. The summed E-state index contributed by atoms with van der Waals surface area (Å²) in [7, 11) is 1.85. The lowest BCUT2D eigenvalue weighted by molar-refractivity contribution is 0.0780. The lowest BCUT2D eigenvalue weighted by Crippen LogP contribution is -2.30. The van der Waals surface area contributed by atoms with Crippen molar-refractivity contribution in [3.63, 3.8) is 0 Å². The van der Waals surface area contributed by atoms with Crippen molar-refractivity contribution in [2.24, 2.45) is 13.0 Å². The van der Waals surface area contributed by atoms with Crippen LogP contribution in [0.4, 0.5) is 0 Å². The molecule has 1 unspecified atom stereocenters. The molecule has 0 saturated carbocycles. The van der Waals surface area contributed by atoms with Crippen LogP contribution in [-0.4, -0.2) is 45.4 Å². The number of nitrogens with zero attached hydrogens (tertiary/aromatic N) is 3. The van der Waals surface area contributed by atoms with Crippen LogP contribution in [0.5, 0.6) is 0 Å². The van der Waals surface area contributed by atoms with Crippen LogP contribution in [0.3, 0.4) is 0 Å². The maximum absolute atomic E-state index is 12.4. The molecule has 2 heterocycles. The van der Waals surface area contributed by atoms with Gasteiger partial charge in [-0.05, 0) is 20.3 Å². The third-order valence-corrected chi connectivity index (χ3v) is 3.55. The molecule has 1 saturated heterocycles. The SMILES string of the molecule is Cc1nn(C)c(C)c1C(=O)N1CCC(CO)C1. The van der Waals surface area contributed by atoms with Crippen molar-refractivity contribution >= 4 is 5.91 Å². The topological polar surface area (TPSA) is 58.4 Å². The number of carbonyl (C=O) groups excluding carboxylic acids is 1. The summed E-state index contributed by atoms with van der Waals surface area (Å²) in [6.07, 6.45) is 0.889. The number of aromatic nitrogens is 2. The van der Waals surface area contributed by atoms with E-state index in [1.54, 1.807) is 4.68 Å². The molecule has 1 atom stereocenters. The van der Waals surface area contributed by atoms with Gasteiger partial charge in [-0.25, -0.2) is 0 Å². The highest BCUT2D eigenvalue weighted by Gasteiger charge is 2.29. The van der Waals surface area contributed by atoms with Gasteiger partial charge in [0.15, 0.2) is 0 Å². The molecule has 1 amide bonds. The molecule has 5 heteroatoms. The Balaban J connectivity index is 2.20. The predicted molar refractivity (Wildman–Crippen MR) is 63.8 cm³/mol. The maximum Gasteiger partial charge on any atom is 0.257 e. The zero-order valence-electron chi connectivity index (χ0n) is 10.6. The van der Waals surface area contributed by atoms with Gasteiger partial charge in [0, 0.05) is 38.4 Å². The van der Waals surface area contributed by atoms with Crippen molar-refractivity contribution in [3.05, 3.63) is 17.0 Å². The van der Waals surface area contributed by atoms with Crippen molar-refractivity contribution in [2.45, 2.75) is 20.3 Å². The van der Waals surface area contributed by atoms with E-state index >= 15 is 0 Å². The van der Waals surface area contributed by atoms with Gasteiger partial charge >= 0.3 is 0 Å². The van der Waals surface area contributed by atoms with Gasteiger partial charge in [-0.1, -0.05) is 0 Å². The summed E-state index contributed by atoms with van der Waals surface area (Å²) in [5.41, 5.74) is 2.40. The third kappa shape index (κ3) is 2.07. The standard InChI is InChI=1S/C12H19N3O2/c1-8-11(9(2)14(3)13-8)12(17)15-5-4-10(6-15)7-16/h10,16H,4-7H2,1-3H3. The monoisotopic (exact) mass is 237 g/mol. The fraction of sp³-hybridized carbons (Fsp3) is 0.667. The highest BCUT2D eigenvalue weighted by Crippen LogP contribution is 2.21. The normalized spacial score (nSPS) is 20.0. The van der Waals surface area contributed by atoms with E-state index in [0.717, 1.165) is 24.4 Å². The zero-order chi connectivity index (χ0) is 12.6. The van der Waals surface area contributed by atoms with E-state index in [-0.39, 0.29) is 18.4 Å². The number of hydrogen-bond acceptors (Lipinski definition) is 3. The third-order valence-electron chi connectivity index (χ3n) is 3.55. The first-order valence-corrected chi connectivity index (χ1v) is 5.95. The molecule has 0 radical (unpaired) electrons. The molecule has 94 valence electrons. The van der Waals surface area contributed by atoms with Crippen LogP contribution in [0.15, 0.2) is 0 Å². The Kier molecular flexibility index (Phi) is 3.19. The molecule has 1 aliphatic rings. The zero-order valence-corrected chi connectivity index (χ0v) is 10.6. The van der Waals surface area contributed by atoms with Crippen molar-refractivity contribution in [1.82, 2.24) is 14.7 Å². The Morgan fingerprint density at radius 3 is 2.71 bits per heavy atom. The number of aliphatic hydroxyl groups is 1. The quantitative estimate of drug-likeness (QED) is 0.814. The second-order valence-electron chi connectivity index (χ2n) is 4.76. The minimum atomic E-state index is 0.0454. The Hall–Kier alpha value is -1.36. The Bertz CT molecular complexity index is 439. The number of amides is 1. The second-order valence-corrected chi connectivity index (χ2v) is 4.76. The smallest absolute Gasteiger partial charge is 0.257 e. The lowest BCUT2D eigenvalue weighted by Gasteiger charge is -2.16. The molecule has 1 aromatic rings. The first-order valence-electron chi connectivity index (χ1n) is 5.95. The summed E-state index contributed by atoms with van der Waals surface area (Å²) in [4.78, 5) is 14.2. The van der Waals surface area contributed by atoms with Crippen LogP contribution in [-0.2, 0) is 7.05 Å². The summed E-state index contributed by atoms with van der Waals surface area (Å²) in [5.74, 6) is 0.278. The molecular weight excluding hydrogens is 218 g/mol. The average Bonchev–Trinajstić information content (AvgIpc) is 2.85. The molecule has 1 aliphatic heterocycles. The van der Waals surface area contributed by atoms with Crippen molar-refractivity contribution in [3.8, 4) is 0 Å². The molecule has 1 aromatic heterocycles. The fourth-order valence-electron chi connectivity index (χ4n) is 2.41. The average molecular weight is 237 g/mol. The number of hydrogen-bond donors (Lipinski definition) is 1. The number of rotatable bonds is 2.